The van der Waals surface area contributed by atoms with Gasteiger partial charge in [0.05, 0.1) is 42.8 Å². The molecule has 1 aromatic heterocycles. The topological polar surface area (TPSA) is 98.8 Å². The van der Waals surface area contributed by atoms with Crippen LogP contribution in [0, 0.1) is 17.2 Å². The second-order valence-electron chi connectivity index (χ2n) is 9.49. The van der Waals surface area contributed by atoms with Gasteiger partial charge in [-0.25, -0.2) is 0 Å². The predicted octanol–water partition coefficient (Wildman–Crippen LogP) is 3.55. The van der Waals surface area contributed by atoms with Crippen molar-refractivity contribution in [1.82, 2.24) is 9.88 Å². The minimum atomic E-state index is -1.83. The summed E-state index contributed by atoms with van der Waals surface area (Å²) in [5.41, 5.74) is -0.671. The monoisotopic (exact) mass is 485 g/mol. The van der Waals surface area contributed by atoms with Gasteiger partial charge in [-0.15, -0.1) is 0 Å². The first-order valence-corrected chi connectivity index (χ1v) is 12.4. The van der Waals surface area contributed by atoms with Gasteiger partial charge >= 0.3 is 0 Å². The molecule has 1 unspecified atom stereocenters. The number of ether oxygens (including phenoxy) is 2. The largest absolute Gasteiger partial charge is 0.495 e. The van der Waals surface area contributed by atoms with Gasteiger partial charge in [0, 0.05) is 18.4 Å². The first-order valence-electron chi connectivity index (χ1n) is 12.4. The lowest BCUT2D eigenvalue weighted by Gasteiger charge is -2.41. The third-order valence-corrected chi connectivity index (χ3v) is 7.98. The number of benzene rings is 2. The Morgan fingerprint density at radius 1 is 1.08 bits per heavy atom. The van der Waals surface area contributed by atoms with Gasteiger partial charge in [-0.3, -0.25) is 4.98 Å². The number of fused-ring (bicyclic) bond motifs is 3. The lowest BCUT2D eigenvalue weighted by Crippen LogP contribution is -2.52. The fraction of sp³-hybridized carbons (Fsp3) is 0.379. The number of hydrogen-bond donors (Lipinski definition) is 2. The molecular weight excluding hydrogens is 454 g/mol. The Morgan fingerprint density at radius 3 is 2.39 bits per heavy atom. The molecule has 7 heteroatoms. The smallest absolute Gasteiger partial charge is 0.177 e. The Hall–Kier alpha value is -3.44. The highest BCUT2D eigenvalue weighted by molar-refractivity contribution is 5.59. The van der Waals surface area contributed by atoms with E-state index >= 15 is 0 Å². The summed E-state index contributed by atoms with van der Waals surface area (Å²) in [6, 6.07) is 19.1. The van der Waals surface area contributed by atoms with Gasteiger partial charge in [0.1, 0.15) is 11.5 Å². The summed E-state index contributed by atoms with van der Waals surface area (Å²) in [5.74, 6) is -0.0364. The van der Waals surface area contributed by atoms with Crippen molar-refractivity contribution >= 4 is 0 Å². The van der Waals surface area contributed by atoms with E-state index in [0.29, 0.717) is 34.7 Å². The van der Waals surface area contributed by atoms with Crippen LogP contribution in [0.5, 0.6) is 11.5 Å². The van der Waals surface area contributed by atoms with Crippen LogP contribution in [0.3, 0.4) is 0 Å². The van der Waals surface area contributed by atoms with Gasteiger partial charge in [-0.2, -0.15) is 5.26 Å². The molecule has 36 heavy (non-hydrogen) atoms. The molecule has 1 aliphatic carbocycles. The molecule has 7 nitrogen and oxygen atoms in total. The normalized spacial score (nSPS) is 28.3. The highest BCUT2D eigenvalue weighted by atomic mass is 16.5. The molecule has 3 aromatic rings. The number of methoxy groups -OCH3 is 1. The van der Waals surface area contributed by atoms with Gasteiger partial charge in [0.2, 0.25) is 0 Å². The number of nitrogens with zero attached hydrogens (tertiary/aromatic N) is 3. The second-order valence-corrected chi connectivity index (χ2v) is 9.49. The molecule has 0 bridgehead atoms. The molecule has 5 atom stereocenters. The molecule has 5 rings (SSSR count). The minimum Gasteiger partial charge on any atom is -0.495 e. The maximum atomic E-state index is 12.8. The number of aliphatic hydroxyl groups is 2. The van der Waals surface area contributed by atoms with Crippen molar-refractivity contribution in [2.45, 2.75) is 37.1 Å². The predicted molar refractivity (Wildman–Crippen MR) is 135 cm³/mol. The lowest BCUT2D eigenvalue weighted by molar-refractivity contribution is -0.152. The van der Waals surface area contributed by atoms with Crippen LogP contribution < -0.4 is 9.47 Å². The molecule has 186 valence electrons. The molecule has 1 saturated carbocycles. The van der Waals surface area contributed by atoms with E-state index in [1.807, 2.05) is 42.5 Å². The van der Waals surface area contributed by atoms with E-state index in [-0.39, 0.29) is 5.92 Å². The maximum Gasteiger partial charge on any atom is 0.177 e. The Bertz CT molecular complexity index is 1270. The second kappa shape index (κ2) is 9.21. The van der Waals surface area contributed by atoms with Crippen LogP contribution in [0.15, 0.2) is 67.0 Å². The summed E-state index contributed by atoms with van der Waals surface area (Å²) in [7, 11) is 1.52. The molecule has 2 aromatic carbocycles. The van der Waals surface area contributed by atoms with Crippen LogP contribution in [-0.4, -0.2) is 52.9 Å². The summed E-state index contributed by atoms with van der Waals surface area (Å²) in [6.07, 6.45) is 1.93. The first-order chi connectivity index (χ1) is 17.5. The van der Waals surface area contributed by atoms with Crippen LogP contribution in [0.25, 0.3) is 0 Å². The molecule has 0 amide bonds. The number of rotatable bonds is 7. The molecule has 2 heterocycles. The van der Waals surface area contributed by atoms with Gasteiger partial charge < -0.3 is 24.6 Å². The Kier molecular flexibility index (Phi) is 6.21. The number of pyridine rings is 1. The fourth-order valence-electron chi connectivity index (χ4n) is 6.31. The van der Waals surface area contributed by atoms with Gasteiger partial charge in [-0.05, 0) is 36.3 Å². The summed E-state index contributed by atoms with van der Waals surface area (Å²) >= 11 is 0. The van der Waals surface area contributed by atoms with Crippen molar-refractivity contribution in [1.29, 1.82) is 5.26 Å². The average Bonchev–Trinajstić information content (AvgIpc) is 3.30. The van der Waals surface area contributed by atoms with Crippen molar-refractivity contribution in [2.24, 2.45) is 5.92 Å². The third-order valence-electron chi connectivity index (χ3n) is 7.98. The summed E-state index contributed by atoms with van der Waals surface area (Å²) in [6.45, 7) is 6.38. The molecule has 0 saturated heterocycles. The van der Waals surface area contributed by atoms with E-state index < -0.39 is 23.2 Å². The van der Waals surface area contributed by atoms with Crippen LogP contribution in [0.4, 0.5) is 0 Å². The van der Waals surface area contributed by atoms with E-state index in [1.54, 1.807) is 18.3 Å². The first kappa shape index (κ1) is 24.3. The Balaban J connectivity index is 1.83. The van der Waals surface area contributed by atoms with Crippen molar-refractivity contribution in [3.8, 4) is 17.6 Å². The summed E-state index contributed by atoms with van der Waals surface area (Å²) in [5, 5.41) is 34.3. The van der Waals surface area contributed by atoms with Crippen molar-refractivity contribution in [3.63, 3.8) is 0 Å². The standard InChI is InChI=1S/C29H31N3O4/c1-4-32(5-2)18-22-25(20-9-7-6-8-10-20)29(21-13-11-19(15-30)12-14-21)28(34,27(22)33)26-23(35-3)16-31-17-24(26)36-29/h6-14,16-17,22,25,27,33-34H,4-5,18H2,1-3H3/t22-,25-,27-,28+,29?/m1/s1. The molecule has 1 fully saturated rings. The van der Waals surface area contributed by atoms with Crippen molar-refractivity contribution < 1.29 is 19.7 Å². The van der Waals surface area contributed by atoms with Gasteiger partial charge in [0.15, 0.2) is 11.2 Å². The van der Waals surface area contributed by atoms with E-state index in [1.165, 1.54) is 13.3 Å². The average molecular weight is 486 g/mol. The van der Waals surface area contributed by atoms with Gasteiger partial charge in [-0.1, -0.05) is 56.3 Å². The number of aromatic nitrogens is 1. The quantitative estimate of drug-likeness (QED) is 0.528. The fourth-order valence-corrected chi connectivity index (χ4v) is 6.31. The van der Waals surface area contributed by atoms with Gasteiger partial charge in [0.25, 0.3) is 0 Å². The SMILES string of the molecule is CCN(CC)C[C@@H]1[C@@H](c2ccccc2)C2(c3ccc(C#N)cc3)Oc3cncc(OC)c3[C@]2(O)[C@@H]1O. The Labute approximate surface area is 211 Å². The van der Waals surface area contributed by atoms with Crippen LogP contribution in [-0.2, 0) is 11.2 Å². The van der Waals surface area contributed by atoms with E-state index in [0.717, 1.165) is 18.7 Å². The highest BCUT2D eigenvalue weighted by Crippen LogP contribution is 2.69. The van der Waals surface area contributed by atoms with Crippen LogP contribution in [0.2, 0.25) is 0 Å². The van der Waals surface area contributed by atoms with Crippen LogP contribution in [0.1, 0.15) is 42.0 Å². The van der Waals surface area contributed by atoms with Crippen molar-refractivity contribution in [2.75, 3.05) is 26.7 Å². The third kappa shape index (κ3) is 3.26. The maximum absolute atomic E-state index is 12.8. The van der Waals surface area contributed by atoms with E-state index in [4.69, 9.17) is 9.47 Å². The molecule has 2 N–H and O–H groups in total. The zero-order chi connectivity index (χ0) is 25.5. The van der Waals surface area contributed by atoms with Crippen molar-refractivity contribution in [3.05, 3.63) is 89.2 Å². The van der Waals surface area contributed by atoms with E-state index in [9.17, 15) is 15.5 Å². The van der Waals surface area contributed by atoms with Crippen LogP contribution >= 0.6 is 0 Å². The summed E-state index contributed by atoms with van der Waals surface area (Å²) < 4.78 is 12.4. The van der Waals surface area contributed by atoms with E-state index in [2.05, 4.69) is 29.8 Å². The lowest BCUT2D eigenvalue weighted by atomic mass is 9.70. The Morgan fingerprint density at radius 2 is 1.78 bits per heavy atom. The molecular formula is C29H31N3O4. The zero-order valence-corrected chi connectivity index (χ0v) is 20.8. The molecule has 1 aliphatic heterocycles. The molecule has 0 radical (unpaired) electrons. The molecule has 2 aliphatic rings. The highest BCUT2D eigenvalue weighted by Gasteiger charge is 2.76. The summed E-state index contributed by atoms with van der Waals surface area (Å²) in [4.78, 5) is 6.52. The molecule has 0 spiro atoms. The number of hydrogen-bond acceptors (Lipinski definition) is 7. The zero-order valence-electron chi connectivity index (χ0n) is 20.8. The number of aliphatic hydroxyl groups excluding tert-OH is 1. The minimum absolute atomic E-state index is 0.361. The number of nitriles is 1.